The topological polar surface area (TPSA) is 76.8 Å². The molecule has 7 heteroatoms. The molecule has 1 aromatic rings. The number of rotatable bonds is 5. The van der Waals surface area contributed by atoms with Crippen LogP contribution in [0.2, 0.25) is 5.02 Å². The third kappa shape index (κ3) is 4.07. The van der Waals surface area contributed by atoms with E-state index in [1.54, 1.807) is 32.4 Å². The van der Waals surface area contributed by atoms with Crippen LogP contribution in [0, 0.1) is 0 Å². The molecule has 2 atom stereocenters. The molecular weight excluding hydrogens is 294 g/mol. The molecule has 2 rings (SSSR count). The van der Waals surface area contributed by atoms with Gasteiger partial charge >= 0.3 is 0 Å². The van der Waals surface area contributed by atoms with Gasteiger partial charge in [0, 0.05) is 33.0 Å². The number of nitrogen functional groups attached to an aromatic ring is 1. The van der Waals surface area contributed by atoms with Crippen molar-refractivity contribution in [2.75, 3.05) is 44.9 Å². The van der Waals surface area contributed by atoms with E-state index < -0.39 is 0 Å². The summed E-state index contributed by atoms with van der Waals surface area (Å²) in [6.45, 7) is 1.62. The minimum atomic E-state index is -0.108. The summed E-state index contributed by atoms with van der Waals surface area (Å²) in [6.07, 6.45) is -0.0112. The van der Waals surface area contributed by atoms with Crippen LogP contribution in [0.5, 0.6) is 0 Å². The maximum absolute atomic E-state index is 12.0. The largest absolute Gasteiger partial charge is 0.397 e. The summed E-state index contributed by atoms with van der Waals surface area (Å²) < 4.78 is 10.7. The maximum Gasteiger partial charge on any atom is 0.238 e. The highest BCUT2D eigenvalue weighted by Gasteiger charge is 2.33. The molecule has 0 saturated carbocycles. The third-order valence-electron chi connectivity index (χ3n) is 3.54. The first-order valence-electron chi connectivity index (χ1n) is 6.66. The Morgan fingerprint density at radius 3 is 2.52 bits per heavy atom. The molecule has 0 bridgehead atoms. The van der Waals surface area contributed by atoms with Crippen molar-refractivity contribution in [3.8, 4) is 0 Å². The molecule has 1 aromatic carbocycles. The fourth-order valence-electron chi connectivity index (χ4n) is 2.43. The number of methoxy groups -OCH3 is 2. The molecule has 1 aliphatic heterocycles. The molecule has 1 amide bonds. The lowest BCUT2D eigenvalue weighted by Gasteiger charge is -2.15. The van der Waals surface area contributed by atoms with Gasteiger partial charge in [-0.25, -0.2) is 0 Å². The molecular formula is C14H20ClN3O3. The number of amides is 1. The lowest BCUT2D eigenvalue weighted by atomic mass is 10.3. The second kappa shape index (κ2) is 7.09. The van der Waals surface area contributed by atoms with Gasteiger partial charge in [-0.1, -0.05) is 11.6 Å². The zero-order valence-corrected chi connectivity index (χ0v) is 12.9. The van der Waals surface area contributed by atoms with Gasteiger partial charge in [0.05, 0.1) is 29.5 Å². The van der Waals surface area contributed by atoms with Crippen LogP contribution in [0.4, 0.5) is 11.4 Å². The second-order valence-corrected chi connectivity index (χ2v) is 5.43. The van der Waals surface area contributed by atoms with Crippen molar-refractivity contribution in [1.29, 1.82) is 0 Å². The number of halogens is 1. The van der Waals surface area contributed by atoms with Crippen molar-refractivity contribution in [3.63, 3.8) is 0 Å². The molecule has 0 radical (unpaired) electrons. The number of likely N-dealkylation sites (tertiary alicyclic amines) is 1. The van der Waals surface area contributed by atoms with Gasteiger partial charge in [0.1, 0.15) is 0 Å². The van der Waals surface area contributed by atoms with Gasteiger partial charge in [-0.15, -0.1) is 0 Å². The van der Waals surface area contributed by atoms with Crippen LogP contribution < -0.4 is 11.1 Å². The van der Waals surface area contributed by atoms with Crippen molar-refractivity contribution >= 4 is 28.9 Å². The maximum atomic E-state index is 12.0. The minimum Gasteiger partial charge on any atom is -0.397 e. The molecule has 1 saturated heterocycles. The summed E-state index contributed by atoms with van der Waals surface area (Å²) >= 11 is 5.84. The SMILES string of the molecule is COC1CN(CC(=O)Nc2ccc(Cl)c(N)c2)CC1OC. The van der Waals surface area contributed by atoms with Gasteiger partial charge in [0.15, 0.2) is 0 Å². The average Bonchev–Trinajstić information content (AvgIpc) is 2.84. The van der Waals surface area contributed by atoms with Gasteiger partial charge in [0.2, 0.25) is 5.91 Å². The zero-order chi connectivity index (χ0) is 15.4. The highest BCUT2D eigenvalue weighted by Crippen LogP contribution is 2.22. The smallest absolute Gasteiger partial charge is 0.238 e. The van der Waals surface area contributed by atoms with Crippen LogP contribution in [-0.4, -0.2) is 56.9 Å². The number of anilines is 2. The van der Waals surface area contributed by atoms with Gasteiger partial charge in [-0.2, -0.15) is 0 Å². The molecule has 1 heterocycles. The van der Waals surface area contributed by atoms with E-state index in [0.717, 1.165) is 0 Å². The molecule has 116 valence electrons. The molecule has 21 heavy (non-hydrogen) atoms. The highest BCUT2D eigenvalue weighted by atomic mass is 35.5. The summed E-state index contributed by atoms with van der Waals surface area (Å²) in [5.74, 6) is -0.108. The Kier molecular flexibility index (Phi) is 5.41. The predicted octanol–water partition coefficient (Wildman–Crippen LogP) is 1.21. The standard InChI is InChI=1S/C14H20ClN3O3/c1-20-12-6-18(7-13(12)21-2)8-14(19)17-9-3-4-10(15)11(16)5-9/h3-5,12-13H,6-8,16H2,1-2H3,(H,17,19). The number of carbonyl (C=O) groups excluding carboxylic acids is 1. The van der Waals surface area contributed by atoms with Crippen LogP contribution >= 0.6 is 11.6 Å². The molecule has 3 N–H and O–H groups in total. The van der Waals surface area contributed by atoms with E-state index in [9.17, 15) is 4.79 Å². The van der Waals surface area contributed by atoms with E-state index in [4.69, 9.17) is 26.8 Å². The number of hydrogen-bond donors (Lipinski definition) is 2. The van der Waals surface area contributed by atoms with Crippen molar-refractivity contribution in [2.24, 2.45) is 0 Å². The fraction of sp³-hybridized carbons (Fsp3) is 0.500. The van der Waals surface area contributed by atoms with Crippen molar-refractivity contribution in [3.05, 3.63) is 23.2 Å². The van der Waals surface area contributed by atoms with Gasteiger partial charge in [-0.05, 0) is 18.2 Å². The number of hydrogen-bond acceptors (Lipinski definition) is 5. The Morgan fingerprint density at radius 1 is 1.38 bits per heavy atom. The Labute approximate surface area is 129 Å². The average molecular weight is 314 g/mol. The van der Waals surface area contributed by atoms with E-state index in [-0.39, 0.29) is 24.7 Å². The molecule has 6 nitrogen and oxygen atoms in total. The summed E-state index contributed by atoms with van der Waals surface area (Å²) in [4.78, 5) is 14.0. The first-order chi connectivity index (χ1) is 10.0. The zero-order valence-electron chi connectivity index (χ0n) is 12.1. The number of ether oxygens (including phenoxy) is 2. The van der Waals surface area contributed by atoms with Gasteiger partial charge in [-0.3, -0.25) is 9.69 Å². The third-order valence-corrected chi connectivity index (χ3v) is 3.89. The van der Waals surface area contributed by atoms with Gasteiger partial charge < -0.3 is 20.5 Å². The molecule has 0 spiro atoms. The fourth-order valence-corrected chi connectivity index (χ4v) is 2.54. The van der Waals surface area contributed by atoms with Crippen molar-refractivity contribution in [2.45, 2.75) is 12.2 Å². The van der Waals surface area contributed by atoms with E-state index >= 15 is 0 Å². The number of nitrogens with two attached hydrogens (primary N) is 1. The normalized spacial score (nSPS) is 22.4. The van der Waals surface area contributed by atoms with E-state index in [1.165, 1.54) is 0 Å². The van der Waals surface area contributed by atoms with Crippen molar-refractivity contribution < 1.29 is 14.3 Å². The predicted molar refractivity (Wildman–Crippen MR) is 82.5 cm³/mol. The summed E-state index contributed by atoms with van der Waals surface area (Å²) in [5, 5.41) is 3.27. The lowest BCUT2D eigenvalue weighted by molar-refractivity contribution is -0.117. The Balaban J connectivity index is 1.89. The van der Waals surface area contributed by atoms with Crippen molar-refractivity contribution in [1.82, 2.24) is 4.90 Å². The summed E-state index contributed by atoms with van der Waals surface area (Å²) in [7, 11) is 3.30. The lowest BCUT2D eigenvalue weighted by Crippen LogP contribution is -2.32. The Hall–Kier alpha value is -1.34. The van der Waals surface area contributed by atoms with E-state index in [2.05, 4.69) is 5.32 Å². The van der Waals surface area contributed by atoms with Crippen LogP contribution in [0.1, 0.15) is 0 Å². The molecule has 1 aliphatic rings. The first-order valence-corrected chi connectivity index (χ1v) is 7.04. The summed E-state index contributed by atoms with van der Waals surface area (Å²) in [6, 6.07) is 5.01. The Bertz CT molecular complexity index is 500. The van der Waals surface area contributed by atoms with E-state index in [0.29, 0.717) is 29.5 Å². The molecule has 1 fully saturated rings. The second-order valence-electron chi connectivity index (χ2n) is 5.03. The van der Waals surface area contributed by atoms with Crippen LogP contribution in [0.25, 0.3) is 0 Å². The van der Waals surface area contributed by atoms with Crippen LogP contribution in [0.3, 0.4) is 0 Å². The van der Waals surface area contributed by atoms with Gasteiger partial charge in [0.25, 0.3) is 0 Å². The molecule has 2 unspecified atom stereocenters. The molecule has 0 aliphatic carbocycles. The monoisotopic (exact) mass is 313 g/mol. The molecule has 0 aromatic heterocycles. The van der Waals surface area contributed by atoms with Crippen LogP contribution in [-0.2, 0) is 14.3 Å². The number of benzene rings is 1. The number of carbonyl (C=O) groups is 1. The Morgan fingerprint density at radius 2 is 2.00 bits per heavy atom. The first kappa shape index (κ1) is 16.0. The number of nitrogens with one attached hydrogen (secondary N) is 1. The number of nitrogens with zero attached hydrogens (tertiary/aromatic N) is 1. The highest BCUT2D eigenvalue weighted by molar-refractivity contribution is 6.33. The van der Waals surface area contributed by atoms with Crippen LogP contribution in [0.15, 0.2) is 18.2 Å². The summed E-state index contributed by atoms with van der Waals surface area (Å²) in [5.41, 5.74) is 6.78. The van der Waals surface area contributed by atoms with E-state index in [1.807, 2.05) is 4.90 Å². The quantitative estimate of drug-likeness (QED) is 0.799. The minimum absolute atomic E-state index is 0.00558.